The van der Waals surface area contributed by atoms with Crippen LogP contribution < -0.4 is 4.72 Å². The average molecular weight is 353 g/mol. The molecule has 1 aromatic heterocycles. The monoisotopic (exact) mass is 353 g/mol. The van der Waals surface area contributed by atoms with Crippen molar-refractivity contribution in [1.29, 1.82) is 0 Å². The van der Waals surface area contributed by atoms with Gasteiger partial charge in [0, 0.05) is 25.0 Å². The first-order chi connectivity index (χ1) is 11.3. The highest BCUT2D eigenvalue weighted by atomic mass is 32.2. The van der Waals surface area contributed by atoms with E-state index in [4.69, 9.17) is 4.74 Å². The Morgan fingerprint density at radius 2 is 2.21 bits per heavy atom. The summed E-state index contributed by atoms with van der Waals surface area (Å²) in [5.74, 6) is 0.239. The zero-order chi connectivity index (χ0) is 17.4. The van der Waals surface area contributed by atoms with Gasteiger partial charge >= 0.3 is 0 Å². The maximum absolute atomic E-state index is 12.5. The van der Waals surface area contributed by atoms with E-state index in [9.17, 15) is 13.2 Å². The molecule has 2 aliphatic heterocycles. The third kappa shape index (κ3) is 3.60. The fourth-order valence-corrected chi connectivity index (χ4v) is 3.97. The van der Waals surface area contributed by atoms with Crippen molar-refractivity contribution in [3.8, 4) is 0 Å². The molecule has 7 nitrogen and oxygen atoms in total. The number of likely N-dealkylation sites (tertiary alicyclic amines) is 1. The number of hydrogen-bond acceptors (Lipinski definition) is 5. The maximum Gasteiger partial charge on any atom is 0.255 e. The number of aryl methyl sites for hydroxylation is 1. The second kappa shape index (κ2) is 6.42. The Kier molecular flexibility index (Phi) is 4.63. The Morgan fingerprint density at radius 3 is 2.83 bits per heavy atom. The molecule has 3 rings (SSSR count). The Balaban J connectivity index is 1.57. The molecule has 1 amide bonds. The zero-order valence-corrected chi connectivity index (χ0v) is 14.8. The lowest BCUT2D eigenvalue weighted by molar-refractivity contribution is -0.117. The molecule has 1 atom stereocenters. The lowest BCUT2D eigenvalue weighted by Gasteiger charge is -2.50. The number of pyridine rings is 1. The van der Waals surface area contributed by atoms with Gasteiger partial charge in [-0.3, -0.25) is 9.78 Å². The van der Waals surface area contributed by atoms with E-state index in [2.05, 4.69) is 9.71 Å². The topological polar surface area (TPSA) is 88.6 Å². The van der Waals surface area contributed by atoms with Gasteiger partial charge in [0.1, 0.15) is 5.60 Å². The highest BCUT2D eigenvalue weighted by Crippen LogP contribution is 2.41. The number of sulfonamides is 1. The summed E-state index contributed by atoms with van der Waals surface area (Å²) < 4.78 is 30.8. The smallest absolute Gasteiger partial charge is 0.255 e. The second-order valence-electron chi connectivity index (χ2n) is 6.70. The van der Waals surface area contributed by atoms with E-state index in [1.807, 2.05) is 13.0 Å². The van der Waals surface area contributed by atoms with Crippen LogP contribution in [0.15, 0.2) is 18.3 Å². The molecule has 1 aromatic rings. The van der Waals surface area contributed by atoms with Gasteiger partial charge in [0.15, 0.2) is 0 Å². The van der Waals surface area contributed by atoms with Crippen molar-refractivity contribution in [2.45, 2.75) is 25.4 Å². The van der Waals surface area contributed by atoms with Gasteiger partial charge in [-0.2, -0.15) is 0 Å². The van der Waals surface area contributed by atoms with Crippen LogP contribution in [0.25, 0.3) is 0 Å². The second-order valence-corrected chi connectivity index (χ2v) is 8.54. The molecule has 1 N–H and O–H groups in total. The van der Waals surface area contributed by atoms with E-state index in [1.54, 1.807) is 17.2 Å². The van der Waals surface area contributed by atoms with Crippen molar-refractivity contribution in [3.63, 3.8) is 0 Å². The lowest BCUT2D eigenvalue weighted by atomic mass is 9.78. The van der Waals surface area contributed by atoms with Crippen LogP contribution in [0.5, 0.6) is 0 Å². The number of ether oxygens (including phenoxy) is 1. The molecule has 0 aliphatic carbocycles. The average Bonchev–Trinajstić information content (AvgIpc) is 2.88. The van der Waals surface area contributed by atoms with Crippen LogP contribution in [0, 0.1) is 12.8 Å². The van der Waals surface area contributed by atoms with E-state index in [-0.39, 0.29) is 17.4 Å². The summed E-state index contributed by atoms with van der Waals surface area (Å²) in [5, 5.41) is 0. The Morgan fingerprint density at radius 1 is 1.46 bits per heavy atom. The van der Waals surface area contributed by atoms with Crippen molar-refractivity contribution < 1.29 is 17.9 Å². The Hall–Kier alpha value is -1.51. The van der Waals surface area contributed by atoms with E-state index in [0.29, 0.717) is 31.8 Å². The van der Waals surface area contributed by atoms with E-state index < -0.39 is 10.0 Å². The highest BCUT2D eigenvalue weighted by Gasteiger charge is 2.54. The standard InChI is InChI=1S/C16H23N3O4S/c1-12-3-4-13(9-17-12)15(20)19-10-16(11-19)14(6-8-23-16)5-7-18-24(2,21)22/h3-4,9,14,18H,5-8,10-11H2,1-2H3/t14-/m1/s1. The predicted octanol–water partition coefficient (Wildman–Crippen LogP) is 0.560. The van der Waals surface area contributed by atoms with Crippen LogP contribution in [0.3, 0.4) is 0 Å². The number of nitrogens with one attached hydrogen (secondary N) is 1. The number of amides is 1. The van der Waals surface area contributed by atoms with E-state index in [0.717, 1.165) is 24.8 Å². The van der Waals surface area contributed by atoms with Crippen LogP contribution in [-0.4, -0.2) is 62.3 Å². The van der Waals surface area contributed by atoms with Crippen molar-refractivity contribution >= 4 is 15.9 Å². The molecule has 0 bridgehead atoms. The molecule has 8 heteroatoms. The van der Waals surface area contributed by atoms with Crippen LogP contribution in [-0.2, 0) is 14.8 Å². The van der Waals surface area contributed by atoms with Gasteiger partial charge < -0.3 is 9.64 Å². The molecule has 132 valence electrons. The quantitative estimate of drug-likeness (QED) is 0.836. The minimum atomic E-state index is -3.17. The molecule has 0 unspecified atom stereocenters. The summed E-state index contributed by atoms with van der Waals surface area (Å²) >= 11 is 0. The normalized spacial score (nSPS) is 22.6. The molecule has 2 fully saturated rings. The molecular weight excluding hydrogens is 330 g/mol. The first-order valence-corrected chi connectivity index (χ1v) is 9.99. The Bertz CT molecular complexity index is 711. The molecule has 1 spiro atoms. The molecule has 0 radical (unpaired) electrons. The number of rotatable bonds is 5. The first kappa shape index (κ1) is 17.3. The van der Waals surface area contributed by atoms with Gasteiger partial charge in [0.25, 0.3) is 5.91 Å². The van der Waals surface area contributed by atoms with E-state index >= 15 is 0 Å². The maximum atomic E-state index is 12.5. The number of carbonyl (C=O) groups excluding carboxylic acids is 1. The lowest BCUT2D eigenvalue weighted by Crippen LogP contribution is -2.66. The SMILES string of the molecule is Cc1ccc(C(=O)N2CC3(C2)OCC[C@H]3CCNS(C)(=O)=O)cn1. The minimum absolute atomic E-state index is 0.0309. The molecule has 2 aliphatic rings. The fraction of sp³-hybridized carbons (Fsp3) is 0.625. The van der Waals surface area contributed by atoms with Crippen molar-refractivity contribution in [2.24, 2.45) is 5.92 Å². The van der Waals surface area contributed by atoms with Crippen LogP contribution in [0.4, 0.5) is 0 Å². The van der Waals surface area contributed by atoms with Gasteiger partial charge in [-0.1, -0.05) is 0 Å². The van der Waals surface area contributed by atoms with Gasteiger partial charge in [-0.15, -0.1) is 0 Å². The molecular formula is C16H23N3O4S. The molecule has 2 saturated heterocycles. The summed E-state index contributed by atoms with van der Waals surface area (Å²) in [6.45, 7) is 4.07. The first-order valence-electron chi connectivity index (χ1n) is 8.10. The van der Waals surface area contributed by atoms with Gasteiger partial charge in [0.2, 0.25) is 10.0 Å². The zero-order valence-electron chi connectivity index (χ0n) is 14.0. The van der Waals surface area contributed by atoms with Crippen LogP contribution in [0.2, 0.25) is 0 Å². The number of carbonyl (C=O) groups is 1. The van der Waals surface area contributed by atoms with Gasteiger partial charge in [-0.05, 0) is 37.8 Å². The number of nitrogens with zero attached hydrogens (tertiary/aromatic N) is 2. The number of aromatic nitrogens is 1. The summed E-state index contributed by atoms with van der Waals surface area (Å²) in [4.78, 5) is 18.4. The largest absolute Gasteiger partial charge is 0.371 e. The fourth-order valence-electron chi connectivity index (χ4n) is 3.48. The Labute approximate surface area is 142 Å². The minimum Gasteiger partial charge on any atom is -0.371 e. The molecule has 3 heterocycles. The van der Waals surface area contributed by atoms with Crippen molar-refractivity contribution in [2.75, 3.05) is 32.5 Å². The third-order valence-corrected chi connectivity index (χ3v) is 5.55. The third-order valence-electron chi connectivity index (χ3n) is 4.82. The molecule has 0 aromatic carbocycles. The number of hydrogen-bond donors (Lipinski definition) is 1. The predicted molar refractivity (Wildman–Crippen MR) is 89.1 cm³/mol. The summed E-state index contributed by atoms with van der Waals surface area (Å²) in [6.07, 6.45) is 4.39. The highest BCUT2D eigenvalue weighted by molar-refractivity contribution is 7.88. The van der Waals surface area contributed by atoms with Gasteiger partial charge in [-0.25, -0.2) is 13.1 Å². The summed E-state index contributed by atoms with van der Waals surface area (Å²) in [6, 6.07) is 3.62. The van der Waals surface area contributed by atoms with Crippen molar-refractivity contribution in [3.05, 3.63) is 29.6 Å². The van der Waals surface area contributed by atoms with Crippen LogP contribution in [0.1, 0.15) is 28.9 Å². The van der Waals surface area contributed by atoms with Crippen molar-refractivity contribution in [1.82, 2.24) is 14.6 Å². The molecule has 24 heavy (non-hydrogen) atoms. The van der Waals surface area contributed by atoms with E-state index in [1.165, 1.54) is 0 Å². The van der Waals surface area contributed by atoms with Gasteiger partial charge in [0.05, 0.1) is 24.9 Å². The summed E-state index contributed by atoms with van der Waals surface area (Å²) in [5.41, 5.74) is 1.15. The molecule has 0 saturated carbocycles. The summed E-state index contributed by atoms with van der Waals surface area (Å²) in [7, 11) is -3.17. The van der Waals surface area contributed by atoms with Crippen LogP contribution >= 0.6 is 0 Å².